The van der Waals surface area contributed by atoms with Crippen LogP contribution in [0, 0.1) is 12.7 Å². The lowest BCUT2D eigenvalue weighted by Gasteiger charge is -2.13. The minimum absolute atomic E-state index is 0.0643. The number of aliphatic hydroxyl groups excluding tert-OH is 1. The maximum atomic E-state index is 13.7. The second-order valence-electron chi connectivity index (χ2n) is 4.52. The van der Waals surface area contributed by atoms with Crippen molar-refractivity contribution in [2.45, 2.75) is 26.3 Å². The van der Waals surface area contributed by atoms with Crippen LogP contribution in [0.4, 0.5) is 4.39 Å². The summed E-state index contributed by atoms with van der Waals surface area (Å²) >= 11 is 7.55. The van der Waals surface area contributed by atoms with Crippen LogP contribution in [0.15, 0.2) is 18.3 Å². The van der Waals surface area contributed by atoms with E-state index in [1.807, 2.05) is 13.7 Å². The van der Waals surface area contributed by atoms with Crippen LogP contribution >= 0.6 is 23.4 Å². The summed E-state index contributed by atoms with van der Waals surface area (Å²) in [4.78, 5) is 0. The average molecular weight is 315 g/mol. The first-order chi connectivity index (χ1) is 9.51. The third-order valence-electron chi connectivity index (χ3n) is 3.05. The molecule has 0 fully saturated rings. The highest BCUT2D eigenvalue weighted by Crippen LogP contribution is 2.26. The molecule has 0 saturated carbocycles. The normalized spacial score (nSPS) is 10.4. The molecule has 0 bridgehead atoms. The van der Waals surface area contributed by atoms with E-state index in [-0.39, 0.29) is 17.2 Å². The molecule has 1 radical (unpaired) electrons. The number of rotatable bonds is 8. The molecule has 2 N–H and O–H groups in total. The molecule has 0 unspecified atom stereocenters. The summed E-state index contributed by atoms with van der Waals surface area (Å²) in [6.07, 6.45) is 3.53. The second kappa shape index (κ2) is 8.60. The van der Waals surface area contributed by atoms with Crippen LogP contribution in [0.3, 0.4) is 0 Å². The van der Waals surface area contributed by atoms with Crippen molar-refractivity contribution in [3.63, 3.8) is 0 Å². The lowest BCUT2D eigenvalue weighted by atomic mass is 9.83. The van der Waals surface area contributed by atoms with Gasteiger partial charge in [-0.25, -0.2) is 4.39 Å². The highest BCUT2D eigenvalue weighted by Gasteiger charge is 2.13. The summed E-state index contributed by atoms with van der Waals surface area (Å²) in [7, 11) is 1.94. The van der Waals surface area contributed by atoms with Crippen molar-refractivity contribution in [3.05, 3.63) is 45.9 Å². The molecule has 0 atom stereocenters. The minimum atomic E-state index is -0.522. The van der Waals surface area contributed by atoms with Crippen LogP contribution in [-0.2, 0) is 13.0 Å². The predicted octanol–water partition coefficient (Wildman–Crippen LogP) is 3.33. The van der Waals surface area contributed by atoms with Crippen molar-refractivity contribution in [1.29, 1.82) is 0 Å². The van der Waals surface area contributed by atoms with Gasteiger partial charge in [-0.1, -0.05) is 24.5 Å². The quantitative estimate of drug-likeness (QED) is 0.570. The number of halogens is 2. The van der Waals surface area contributed by atoms with Gasteiger partial charge in [0.15, 0.2) is 0 Å². The van der Waals surface area contributed by atoms with E-state index < -0.39 is 5.82 Å². The molecule has 1 aromatic rings. The van der Waals surface area contributed by atoms with Crippen LogP contribution in [0.1, 0.15) is 16.7 Å². The first-order valence-electron chi connectivity index (χ1n) is 6.33. The fourth-order valence-corrected chi connectivity index (χ4v) is 2.61. The Hall–Kier alpha value is -0.645. The van der Waals surface area contributed by atoms with Gasteiger partial charge in [-0.05, 0) is 36.8 Å². The fourth-order valence-electron chi connectivity index (χ4n) is 1.93. The molecule has 0 saturated heterocycles. The number of aliphatic hydroxyl groups is 1. The van der Waals surface area contributed by atoms with Gasteiger partial charge in [0.1, 0.15) is 5.82 Å². The van der Waals surface area contributed by atoms with Gasteiger partial charge in [-0.2, -0.15) is 11.8 Å². The monoisotopic (exact) mass is 314 g/mol. The van der Waals surface area contributed by atoms with E-state index in [0.29, 0.717) is 0 Å². The van der Waals surface area contributed by atoms with Crippen molar-refractivity contribution in [1.82, 2.24) is 5.23 Å². The van der Waals surface area contributed by atoms with E-state index in [1.54, 1.807) is 24.8 Å². The third-order valence-corrected chi connectivity index (χ3v) is 3.96. The number of hydrogen-bond donors (Lipinski definition) is 2. The zero-order chi connectivity index (χ0) is 15.1. The number of aryl methyl sites for hydroxylation is 1. The van der Waals surface area contributed by atoms with Crippen molar-refractivity contribution in [3.8, 4) is 0 Å². The molecule has 2 nitrogen and oxygen atoms in total. The maximum Gasteiger partial charge on any atom is 0.242 e. The number of hydrogen-bond acceptors (Lipinski definition) is 3. The molecule has 20 heavy (non-hydrogen) atoms. The SMILES string of the molecule is C=C(CSC)N[B]CCc1cc(Cl)c(F)c(CO)c1C. The maximum absolute atomic E-state index is 13.7. The van der Waals surface area contributed by atoms with E-state index in [4.69, 9.17) is 11.6 Å². The van der Waals surface area contributed by atoms with Gasteiger partial charge in [-0.3, -0.25) is 0 Å². The van der Waals surface area contributed by atoms with Crippen molar-refractivity contribution in [2.24, 2.45) is 0 Å². The number of thioether (sulfide) groups is 1. The Morgan fingerprint density at radius 1 is 1.60 bits per heavy atom. The van der Waals surface area contributed by atoms with Gasteiger partial charge < -0.3 is 10.3 Å². The highest BCUT2D eigenvalue weighted by molar-refractivity contribution is 7.98. The van der Waals surface area contributed by atoms with Gasteiger partial charge in [-0.15, -0.1) is 0 Å². The summed E-state index contributed by atoms with van der Waals surface area (Å²) in [5.74, 6) is 0.345. The van der Waals surface area contributed by atoms with Crippen molar-refractivity contribution < 1.29 is 9.50 Å². The van der Waals surface area contributed by atoms with Gasteiger partial charge in [0.05, 0.1) is 11.6 Å². The zero-order valence-electron chi connectivity index (χ0n) is 11.8. The lowest BCUT2D eigenvalue weighted by molar-refractivity contribution is 0.274. The Kier molecular flexibility index (Phi) is 7.48. The van der Waals surface area contributed by atoms with Crippen LogP contribution in [0.5, 0.6) is 0 Å². The van der Waals surface area contributed by atoms with Crippen molar-refractivity contribution >= 4 is 30.8 Å². The van der Waals surface area contributed by atoms with Crippen LogP contribution in [0.25, 0.3) is 0 Å². The van der Waals surface area contributed by atoms with Gasteiger partial charge in [0.2, 0.25) is 7.41 Å². The molecule has 0 spiro atoms. The van der Waals surface area contributed by atoms with E-state index >= 15 is 0 Å². The number of benzene rings is 1. The van der Waals surface area contributed by atoms with E-state index in [1.165, 1.54) is 0 Å². The molecular formula is C14H19BClFNOS. The molecule has 1 aromatic carbocycles. The Balaban J connectivity index is 2.61. The molecule has 0 aliphatic carbocycles. The molecule has 109 valence electrons. The largest absolute Gasteiger partial charge is 0.435 e. The molecular weight excluding hydrogens is 295 g/mol. The molecule has 0 aromatic heterocycles. The Morgan fingerprint density at radius 3 is 2.90 bits per heavy atom. The molecule has 1 rings (SSSR count). The predicted molar refractivity (Wildman–Crippen MR) is 87.0 cm³/mol. The fraction of sp³-hybridized carbons (Fsp3) is 0.429. The smallest absolute Gasteiger partial charge is 0.242 e. The first kappa shape index (κ1) is 17.4. The summed E-state index contributed by atoms with van der Waals surface area (Å²) < 4.78 is 13.7. The summed E-state index contributed by atoms with van der Waals surface area (Å²) in [5.41, 5.74) is 2.97. The molecule has 6 heteroatoms. The lowest BCUT2D eigenvalue weighted by Crippen LogP contribution is -2.19. The molecule has 0 aliphatic rings. The Labute approximate surface area is 130 Å². The van der Waals surface area contributed by atoms with Crippen LogP contribution in [-0.4, -0.2) is 24.5 Å². The average Bonchev–Trinajstić information content (AvgIpc) is 2.41. The molecule has 0 heterocycles. The standard InChI is InChI=1S/C14H19BClFNOS/c1-9(8-20-3)18-15-5-4-11-6-13(16)14(17)12(7-19)10(11)2/h6,18-19H,1,4-5,7-8H2,2-3H3. The van der Waals surface area contributed by atoms with Crippen LogP contribution < -0.4 is 5.23 Å². The molecule has 0 aliphatic heterocycles. The van der Waals surface area contributed by atoms with E-state index in [0.717, 1.165) is 35.3 Å². The first-order valence-corrected chi connectivity index (χ1v) is 8.10. The van der Waals surface area contributed by atoms with E-state index in [9.17, 15) is 9.50 Å². The second-order valence-corrected chi connectivity index (χ2v) is 5.79. The van der Waals surface area contributed by atoms with Gasteiger partial charge in [0, 0.05) is 17.0 Å². The van der Waals surface area contributed by atoms with Gasteiger partial charge in [0.25, 0.3) is 0 Å². The van der Waals surface area contributed by atoms with Crippen LogP contribution in [0.2, 0.25) is 11.3 Å². The topological polar surface area (TPSA) is 32.3 Å². The molecule has 0 amide bonds. The zero-order valence-corrected chi connectivity index (χ0v) is 13.4. The summed E-state index contributed by atoms with van der Waals surface area (Å²) in [6, 6.07) is 1.63. The van der Waals surface area contributed by atoms with Crippen molar-refractivity contribution in [2.75, 3.05) is 12.0 Å². The Morgan fingerprint density at radius 2 is 2.30 bits per heavy atom. The Bertz CT molecular complexity index is 485. The summed E-state index contributed by atoms with van der Waals surface area (Å²) in [6.45, 7) is 5.36. The number of nitrogens with one attached hydrogen (secondary N) is 1. The summed E-state index contributed by atoms with van der Waals surface area (Å²) in [5, 5.41) is 12.4. The van der Waals surface area contributed by atoms with Gasteiger partial charge >= 0.3 is 0 Å². The van der Waals surface area contributed by atoms with E-state index in [2.05, 4.69) is 11.8 Å². The highest BCUT2D eigenvalue weighted by atomic mass is 35.5. The minimum Gasteiger partial charge on any atom is -0.435 e. The third kappa shape index (κ3) is 4.72.